The average molecular weight is 490 g/mol. The molecule has 1 aromatic carbocycles. The number of anilines is 2. The number of halogens is 1. The molecule has 178 valence electrons. The SMILES string of the molecule is CC[C@@]1(c2nn3ccc(Cl)c3c(=O)n2-c2ccccc2)CCN1c1nc(N)ncc1C(=O)C1CC1. The van der Waals surface area contributed by atoms with Gasteiger partial charge in [0.2, 0.25) is 5.95 Å². The summed E-state index contributed by atoms with van der Waals surface area (Å²) in [5.74, 6) is 1.21. The molecule has 3 aromatic heterocycles. The fraction of sp³-hybridized carbons (Fsp3) is 0.320. The summed E-state index contributed by atoms with van der Waals surface area (Å²) in [4.78, 5) is 37.6. The predicted molar refractivity (Wildman–Crippen MR) is 133 cm³/mol. The number of nitrogen functional groups attached to an aromatic ring is 1. The Morgan fingerprint density at radius 3 is 2.66 bits per heavy atom. The highest BCUT2D eigenvalue weighted by molar-refractivity contribution is 6.33. The number of aromatic nitrogens is 5. The van der Waals surface area contributed by atoms with Crippen LogP contribution in [0.2, 0.25) is 5.02 Å². The van der Waals surface area contributed by atoms with Gasteiger partial charge in [0.1, 0.15) is 16.9 Å². The zero-order valence-electron chi connectivity index (χ0n) is 19.2. The molecule has 0 spiro atoms. The van der Waals surface area contributed by atoms with Gasteiger partial charge in [-0.2, -0.15) is 10.1 Å². The molecule has 2 aliphatic rings. The molecule has 1 aliphatic heterocycles. The summed E-state index contributed by atoms with van der Waals surface area (Å²) < 4.78 is 3.17. The lowest BCUT2D eigenvalue weighted by atomic mass is 9.80. The first-order valence-corrected chi connectivity index (χ1v) is 12.1. The Balaban J connectivity index is 1.59. The Kier molecular flexibility index (Phi) is 4.93. The second kappa shape index (κ2) is 7.91. The van der Waals surface area contributed by atoms with E-state index in [0.717, 1.165) is 19.3 Å². The van der Waals surface area contributed by atoms with Crippen molar-refractivity contribution >= 4 is 34.7 Å². The summed E-state index contributed by atoms with van der Waals surface area (Å²) in [5.41, 5.74) is 6.51. The highest BCUT2D eigenvalue weighted by Crippen LogP contribution is 2.47. The van der Waals surface area contributed by atoms with Gasteiger partial charge in [0.25, 0.3) is 5.56 Å². The number of ketones is 1. The smallest absolute Gasteiger partial charge is 0.284 e. The second-order valence-corrected chi connectivity index (χ2v) is 9.55. The van der Waals surface area contributed by atoms with Crippen LogP contribution in [0.5, 0.6) is 0 Å². The fourth-order valence-corrected chi connectivity index (χ4v) is 5.26. The maximum atomic E-state index is 13.8. The summed E-state index contributed by atoms with van der Waals surface area (Å²) >= 11 is 6.37. The van der Waals surface area contributed by atoms with Gasteiger partial charge in [0.05, 0.1) is 16.3 Å². The van der Waals surface area contributed by atoms with Crippen LogP contribution in [0.1, 0.15) is 48.8 Å². The number of fused-ring (bicyclic) bond motifs is 1. The van der Waals surface area contributed by atoms with Crippen LogP contribution in [0.15, 0.2) is 53.6 Å². The molecular formula is C25H24ClN7O2. The molecule has 10 heteroatoms. The van der Waals surface area contributed by atoms with Gasteiger partial charge < -0.3 is 10.6 Å². The van der Waals surface area contributed by atoms with Crippen molar-refractivity contribution in [2.24, 2.45) is 5.92 Å². The van der Waals surface area contributed by atoms with E-state index in [1.54, 1.807) is 16.8 Å². The van der Waals surface area contributed by atoms with Crippen molar-refractivity contribution in [3.63, 3.8) is 0 Å². The molecule has 4 heterocycles. The summed E-state index contributed by atoms with van der Waals surface area (Å²) in [5, 5.41) is 5.26. The quantitative estimate of drug-likeness (QED) is 0.412. The largest absolute Gasteiger partial charge is 0.368 e. The molecule has 1 saturated carbocycles. The molecule has 1 aliphatic carbocycles. The first kappa shape index (κ1) is 21.8. The number of carbonyl (C=O) groups excluding carboxylic acids is 1. The van der Waals surface area contributed by atoms with E-state index in [1.165, 1.54) is 10.7 Å². The third kappa shape index (κ3) is 3.25. The number of hydrogen-bond acceptors (Lipinski definition) is 7. The lowest BCUT2D eigenvalue weighted by Crippen LogP contribution is -2.60. The Labute approximate surface area is 206 Å². The number of para-hydroxylation sites is 1. The number of rotatable bonds is 6. The molecule has 0 unspecified atom stereocenters. The van der Waals surface area contributed by atoms with E-state index in [9.17, 15) is 9.59 Å². The number of benzene rings is 1. The maximum absolute atomic E-state index is 13.8. The van der Waals surface area contributed by atoms with E-state index in [4.69, 9.17) is 22.4 Å². The molecule has 0 radical (unpaired) electrons. The predicted octanol–water partition coefficient (Wildman–Crippen LogP) is 3.62. The van der Waals surface area contributed by atoms with Crippen molar-refractivity contribution in [2.75, 3.05) is 17.2 Å². The van der Waals surface area contributed by atoms with E-state index in [1.807, 2.05) is 37.3 Å². The molecule has 2 N–H and O–H groups in total. The normalized spacial score (nSPS) is 19.7. The highest BCUT2D eigenvalue weighted by atomic mass is 35.5. The fourth-order valence-electron chi connectivity index (χ4n) is 5.04. The van der Waals surface area contributed by atoms with Gasteiger partial charge in [-0.1, -0.05) is 36.7 Å². The van der Waals surface area contributed by atoms with Crippen molar-refractivity contribution < 1.29 is 4.79 Å². The molecule has 4 aromatic rings. The lowest BCUT2D eigenvalue weighted by molar-refractivity contribution is 0.0966. The molecule has 1 saturated heterocycles. The van der Waals surface area contributed by atoms with Crippen molar-refractivity contribution in [1.82, 2.24) is 24.1 Å². The van der Waals surface area contributed by atoms with E-state index in [-0.39, 0.29) is 23.2 Å². The third-order valence-corrected chi connectivity index (χ3v) is 7.48. The van der Waals surface area contributed by atoms with Crippen LogP contribution in [0, 0.1) is 5.92 Å². The summed E-state index contributed by atoms with van der Waals surface area (Å²) in [7, 11) is 0. The molecule has 0 bridgehead atoms. The van der Waals surface area contributed by atoms with Gasteiger partial charge in [0, 0.05) is 24.9 Å². The van der Waals surface area contributed by atoms with Crippen LogP contribution in [-0.4, -0.2) is 36.5 Å². The van der Waals surface area contributed by atoms with E-state index >= 15 is 0 Å². The van der Waals surface area contributed by atoms with Crippen molar-refractivity contribution in [3.05, 3.63) is 75.6 Å². The monoisotopic (exact) mass is 489 g/mol. The van der Waals surface area contributed by atoms with Crippen LogP contribution >= 0.6 is 11.6 Å². The Morgan fingerprint density at radius 2 is 2.00 bits per heavy atom. The Morgan fingerprint density at radius 1 is 1.23 bits per heavy atom. The molecule has 2 fully saturated rings. The van der Waals surface area contributed by atoms with Gasteiger partial charge >= 0.3 is 0 Å². The van der Waals surface area contributed by atoms with Crippen molar-refractivity contribution in [1.29, 1.82) is 0 Å². The standard InChI is InChI=1S/C25H24ClN7O2/c1-2-25(11-13-31(25)21-17(14-28-24(27)29-21)20(34)15-8-9-15)23-30-32-12-10-18(26)19(32)22(35)33(23)16-6-4-3-5-7-16/h3-7,10,12,14-15H,2,8-9,11,13H2,1H3,(H2,27,28,29)/t25-/m0/s1. The molecule has 0 amide bonds. The lowest BCUT2D eigenvalue weighted by Gasteiger charge is -2.53. The highest BCUT2D eigenvalue weighted by Gasteiger charge is 2.51. The Hall–Kier alpha value is -3.72. The molecular weight excluding hydrogens is 466 g/mol. The third-order valence-electron chi connectivity index (χ3n) is 7.18. The molecule has 9 nitrogen and oxygen atoms in total. The number of nitrogens with zero attached hydrogens (tertiary/aromatic N) is 6. The number of Topliss-reactive ketones (excluding diaryl/α,β-unsaturated/α-hetero) is 1. The first-order chi connectivity index (χ1) is 16.9. The number of nitrogens with two attached hydrogens (primary N) is 1. The molecule has 6 rings (SSSR count). The van der Waals surface area contributed by atoms with Crippen molar-refractivity contribution in [2.45, 2.75) is 38.1 Å². The minimum atomic E-state index is -0.681. The second-order valence-electron chi connectivity index (χ2n) is 9.15. The Bertz CT molecular complexity index is 1520. The summed E-state index contributed by atoms with van der Waals surface area (Å²) in [6, 6.07) is 11.1. The topological polar surface area (TPSA) is 111 Å². The first-order valence-electron chi connectivity index (χ1n) is 11.7. The summed E-state index contributed by atoms with van der Waals surface area (Å²) in [6.07, 6.45) is 6.33. The van der Waals surface area contributed by atoms with E-state index < -0.39 is 5.54 Å². The van der Waals surface area contributed by atoms with Crippen LogP contribution < -0.4 is 16.2 Å². The maximum Gasteiger partial charge on any atom is 0.284 e. The number of hydrogen-bond donors (Lipinski definition) is 1. The number of carbonyl (C=O) groups is 1. The van der Waals surface area contributed by atoms with Crippen molar-refractivity contribution in [3.8, 4) is 5.69 Å². The molecule has 35 heavy (non-hydrogen) atoms. The average Bonchev–Trinajstić information content (AvgIpc) is 3.62. The van der Waals surface area contributed by atoms with Crippen LogP contribution in [0.25, 0.3) is 11.2 Å². The minimum absolute atomic E-state index is 0.0114. The van der Waals surface area contributed by atoms with Crippen LogP contribution in [0.3, 0.4) is 0 Å². The molecule has 1 atom stereocenters. The minimum Gasteiger partial charge on any atom is -0.368 e. The zero-order chi connectivity index (χ0) is 24.3. The van der Waals surface area contributed by atoms with Gasteiger partial charge in [-0.15, -0.1) is 0 Å². The zero-order valence-corrected chi connectivity index (χ0v) is 19.9. The van der Waals surface area contributed by atoms with Gasteiger partial charge in [-0.3, -0.25) is 14.2 Å². The van der Waals surface area contributed by atoms with Gasteiger partial charge in [0.15, 0.2) is 11.6 Å². The van der Waals surface area contributed by atoms with Gasteiger partial charge in [-0.05, 0) is 43.9 Å². The van der Waals surface area contributed by atoms with E-state index in [2.05, 4.69) is 14.9 Å². The summed E-state index contributed by atoms with van der Waals surface area (Å²) in [6.45, 7) is 2.69. The van der Waals surface area contributed by atoms with Gasteiger partial charge in [-0.25, -0.2) is 9.50 Å². The van der Waals surface area contributed by atoms with E-state index in [0.29, 0.717) is 46.4 Å². The van der Waals surface area contributed by atoms with Crippen LogP contribution in [0.4, 0.5) is 11.8 Å². The van der Waals surface area contributed by atoms with Crippen LogP contribution in [-0.2, 0) is 5.54 Å².